The normalized spacial score (nSPS) is 29.8. The first-order valence-corrected chi connectivity index (χ1v) is 8.86. The molecule has 2 aliphatic rings. The molecule has 2 aliphatic heterocycles. The van der Waals surface area contributed by atoms with Gasteiger partial charge in [-0.2, -0.15) is 4.39 Å². The Kier molecular flexibility index (Phi) is 4.59. The van der Waals surface area contributed by atoms with E-state index in [4.69, 9.17) is 27.9 Å². The number of ether oxygens (including phenoxy) is 1. The molecule has 0 unspecified atom stereocenters. The maximum Gasteiger partial charge on any atom is 0.230 e. The lowest BCUT2D eigenvalue weighted by molar-refractivity contribution is -0.121. The van der Waals surface area contributed by atoms with Gasteiger partial charge in [-0.15, -0.1) is 0 Å². The van der Waals surface area contributed by atoms with Gasteiger partial charge in [-0.1, -0.05) is 23.2 Å². The molecular weight excluding hydrogens is 385 g/mol. The first-order valence-electron chi connectivity index (χ1n) is 8.11. The maximum atomic E-state index is 14.2. The Morgan fingerprint density at radius 1 is 1.23 bits per heavy atom. The van der Waals surface area contributed by atoms with Gasteiger partial charge in [0.25, 0.3) is 0 Å². The smallest absolute Gasteiger partial charge is 0.230 e. The van der Waals surface area contributed by atoms with E-state index in [2.05, 4.69) is 10.3 Å². The number of pyridine rings is 1. The molecular formula is C18H14Cl2F2N2O2. The van der Waals surface area contributed by atoms with E-state index in [0.717, 1.165) is 0 Å². The molecule has 1 amide bonds. The minimum Gasteiger partial charge on any atom is -0.370 e. The Bertz CT molecular complexity index is 867. The second kappa shape index (κ2) is 6.76. The number of amides is 1. The third-order valence-corrected chi connectivity index (χ3v) is 5.65. The van der Waals surface area contributed by atoms with Gasteiger partial charge in [-0.05, 0) is 35.9 Å². The molecule has 2 saturated heterocycles. The van der Waals surface area contributed by atoms with Crippen LogP contribution in [0, 0.1) is 11.9 Å². The minimum atomic E-state index is -1.18. The number of hydrogen-bond acceptors (Lipinski definition) is 3. The Morgan fingerprint density at radius 2 is 2.04 bits per heavy atom. The number of rotatable bonds is 3. The zero-order valence-corrected chi connectivity index (χ0v) is 14.8. The quantitative estimate of drug-likeness (QED) is 0.780. The van der Waals surface area contributed by atoms with E-state index in [1.165, 1.54) is 18.3 Å². The number of alkyl halides is 1. The zero-order chi connectivity index (χ0) is 18.4. The number of anilines is 1. The molecule has 0 aliphatic carbocycles. The second-order valence-corrected chi connectivity index (χ2v) is 7.29. The van der Waals surface area contributed by atoms with Crippen molar-refractivity contribution >= 4 is 34.8 Å². The Labute approximate surface area is 158 Å². The van der Waals surface area contributed by atoms with Crippen molar-refractivity contribution in [3.05, 3.63) is 58.1 Å². The molecule has 4 nitrogen and oxygen atoms in total. The van der Waals surface area contributed by atoms with Crippen molar-refractivity contribution in [3.63, 3.8) is 0 Å². The standard InChI is InChI=1S/C18H14Cl2F2N2O2/c19-10-2-1-9(6-11(10)20)24-18(25)16-13-7-12(21)17(26-13)15(16)8-3-4-23-14(22)5-8/h1-6,12-13,15-17H,7H2,(H,24,25)/t12-,13+,15+,16-,17-/m0/s1. The monoisotopic (exact) mass is 398 g/mol. The average molecular weight is 399 g/mol. The molecule has 2 fully saturated rings. The summed E-state index contributed by atoms with van der Waals surface area (Å²) in [5.41, 5.74) is 0.977. The van der Waals surface area contributed by atoms with Crippen molar-refractivity contribution < 1.29 is 18.3 Å². The lowest BCUT2D eigenvalue weighted by Crippen LogP contribution is -2.39. The molecule has 8 heteroatoms. The summed E-state index contributed by atoms with van der Waals surface area (Å²) in [5, 5.41) is 3.46. The maximum absolute atomic E-state index is 14.2. The van der Waals surface area contributed by atoms with Crippen LogP contribution in [0.1, 0.15) is 17.9 Å². The molecule has 5 atom stereocenters. The molecule has 4 rings (SSSR count). The Morgan fingerprint density at radius 3 is 2.77 bits per heavy atom. The summed E-state index contributed by atoms with van der Waals surface area (Å²) >= 11 is 11.9. The summed E-state index contributed by atoms with van der Waals surface area (Å²) in [5.74, 6) is -2.22. The summed E-state index contributed by atoms with van der Waals surface area (Å²) in [6.45, 7) is 0. The van der Waals surface area contributed by atoms with Gasteiger partial charge in [0.15, 0.2) is 0 Å². The summed E-state index contributed by atoms with van der Waals surface area (Å²) < 4.78 is 33.4. The van der Waals surface area contributed by atoms with Crippen molar-refractivity contribution in [3.8, 4) is 0 Å². The van der Waals surface area contributed by atoms with Crippen LogP contribution in [0.15, 0.2) is 36.5 Å². The van der Waals surface area contributed by atoms with Crippen molar-refractivity contribution in [2.24, 2.45) is 5.92 Å². The third-order valence-electron chi connectivity index (χ3n) is 4.91. The van der Waals surface area contributed by atoms with Crippen LogP contribution >= 0.6 is 23.2 Å². The predicted octanol–water partition coefficient (Wildman–Crippen LogP) is 4.38. The van der Waals surface area contributed by atoms with Gasteiger partial charge in [-0.3, -0.25) is 4.79 Å². The molecule has 1 aromatic carbocycles. The van der Waals surface area contributed by atoms with Crippen molar-refractivity contribution in [1.82, 2.24) is 4.98 Å². The predicted molar refractivity (Wildman–Crippen MR) is 93.7 cm³/mol. The molecule has 26 heavy (non-hydrogen) atoms. The average Bonchev–Trinajstić information content (AvgIpc) is 3.15. The molecule has 2 aromatic rings. The number of hydrogen-bond donors (Lipinski definition) is 1. The van der Waals surface area contributed by atoms with Gasteiger partial charge in [0.2, 0.25) is 11.9 Å². The number of nitrogens with one attached hydrogen (secondary N) is 1. The first kappa shape index (κ1) is 17.6. The number of fused-ring (bicyclic) bond motifs is 2. The van der Waals surface area contributed by atoms with Gasteiger partial charge in [-0.25, -0.2) is 9.37 Å². The van der Waals surface area contributed by atoms with Gasteiger partial charge in [0, 0.05) is 24.2 Å². The largest absolute Gasteiger partial charge is 0.370 e. The van der Waals surface area contributed by atoms with E-state index < -0.39 is 36.2 Å². The highest BCUT2D eigenvalue weighted by Crippen LogP contribution is 2.50. The molecule has 1 aromatic heterocycles. The number of benzene rings is 1. The van der Waals surface area contributed by atoms with Crippen LogP contribution in [-0.4, -0.2) is 29.3 Å². The van der Waals surface area contributed by atoms with E-state index in [0.29, 0.717) is 21.3 Å². The van der Waals surface area contributed by atoms with Crippen molar-refractivity contribution in [2.45, 2.75) is 30.7 Å². The van der Waals surface area contributed by atoms with Gasteiger partial charge in [0.1, 0.15) is 6.17 Å². The third kappa shape index (κ3) is 3.06. The van der Waals surface area contributed by atoms with Gasteiger partial charge < -0.3 is 10.1 Å². The lowest BCUT2D eigenvalue weighted by atomic mass is 9.74. The van der Waals surface area contributed by atoms with Crippen LogP contribution in [0.5, 0.6) is 0 Å². The summed E-state index contributed by atoms with van der Waals surface area (Å²) in [6.07, 6.45) is -1.06. The zero-order valence-electron chi connectivity index (χ0n) is 13.3. The first-order chi connectivity index (χ1) is 12.4. The molecule has 2 bridgehead atoms. The van der Waals surface area contributed by atoms with E-state index in [9.17, 15) is 13.6 Å². The van der Waals surface area contributed by atoms with Crippen LogP contribution in [-0.2, 0) is 9.53 Å². The molecule has 0 radical (unpaired) electrons. The Hall–Kier alpha value is -1.76. The van der Waals surface area contributed by atoms with E-state index in [-0.39, 0.29) is 12.3 Å². The molecule has 1 N–H and O–H groups in total. The van der Waals surface area contributed by atoms with E-state index in [1.807, 2.05) is 0 Å². The van der Waals surface area contributed by atoms with Crippen molar-refractivity contribution in [1.29, 1.82) is 0 Å². The number of carbonyl (C=O) groups is 1. The molecule has 3 heterocycles. The number of halogens is 4. The van der Waals surface area contributed by atoms with Gasteiger partial charge >= 0.3 is 0 Å². The second-order valence-electron chi connectivity index (χ2n) is 6.47. The summed E-state index contributed by atoms with van der Waals surface area (Å²) in [4.78, 5) is 16.4. The lowest BCUT2D eigenvalue weighted by Gasteiger charge is -2.29. The van der Waals surface area contributed by atoms with Crippen LogP contribution in [0.3, 0.4) is 0 Å². The fraction of sp³-hybridized carbons (Fsp3) is 0.333. The highest BCUT2D eigenvalue weighted by molar-refractivity contribution is 6.42. The molecule has 0 saturated carbocycles. The topological polar surface area (TPSA) is 51.2 Å². The number of nitrogens with zero attached hydrogens (tertiary/aromatic N) is 1. The molecule has 0 spiro atoms. The minimum absolute atomic E-state index is 0.147. The fourth-order valence-corrected chi connectivity index (χ4v) is 4.13. The SMILES string of the molecule is O=C(Nc1ccc(Cl)c(Cl)c1)[C@@H]1[C@@H](c2ccnc(F)c2)[C@H]2O[C@@H]1C[C@@H]2F. The number of aromatic nitrogens is 1. The van der Waals surface area contributed by atoms with Crippen LogP contribution in [0.2, 0.25) is 10.0 Å². The van der Waals surface area contributed by atoms with Crippen LogP contribution < -0.4 is 5.32 Å². The van der Waals surface area contributed by atoms with Crippen LogP contribution in [0.25, 0.3) is 0 Å². The number of carbonyl (C=O) groups excluding carboxylic acids is 1. The summed E-state index contributed by atoms with van der Waals surface area (Å²) in [7, 11) is 0. The summed E-state index contributed by atoms with van der Waals surface area (Å²) in [6, 6.07) is 7.54. The highest BCUT2D eigenvalue weighted by Gasteiger charge is 2.57. The Balaban J connectivity index is 1.62. The fourth-order valence-electron chi connectivity index (χ4n) is 3.83. The van der Waals surface area contributed by atoms with E-state index in [1.54, 1.807) is 18.2 Å². The van der Waals surface area contributed by atoms with Crippen LogP contribution in [0.4, 0.5) is 14.5 Å². The molecule has 136 valence electrons. The van der Waals surface area contributed by atoms with Crippen molar-refractivity contribution in [2.75, 3.05) is 5.32 Å². The highest BCUT2D eigenvalue weighted by atomic mass is 35.5. The van der Waals surface area contributed by atoms with E-state index >= 15 is 0 Å². The van der Waals surface area contributed by atoms with Gasteiger partial charge in [0.05, 0.1) is 28.2 Å².